The van der Waals surface area contributed by atoms with Crippen molar-refractivity contribution in [3.8, 4) is 0 Å². The zero-order valence-electron chi connectivity index (χ0n) is 13.4. The predicted octanol–water partition coefficient (Wildman–Crippen LogP) is 0.601. The Labute approximate surface area is 140 Å². The molecule has 0 radical (unpaired) electrons. The van der Waals surface area contributed by atoms with Crippen molar-refractivity contribution in [2.45, 2.75) is 24.8 Å². The van der Waals surface area contributed by atoms with Crippen LogP contribution in [0.4, 0.5) is 4.79 Å². The number of benzene rings is 1. The van der Waals surface area contributed by atoms with Crippen LogP contribution in [0.15, 0.2) is 29.2 Å². The summed E-state index contributed by atoms with van der Waals surface area (Å²) in [5.41, 5.74) is 0.757. The first-order valence-corrected chi connectivity index (χ1v) is 9.16. The lowest BCUT2D eigenvalue weighted by Gasteiger charge is -2.16. The van der Waals surface area contributed by atoms with E-state index in [-0.39, 0.29) is 24.0 Å². The summed E-state index contributed by atoms with van der Waals surface area (Å²) >= 11 is 0. The third kappa shape index (κ3) is 4.45. The second-order valence-corrected chi connectivity index (χ2v) is 7.34. The van der Waals surface area contributed by atoms with Gasteiger partial charge < -0.3 is 15.3 Å². The number of carbonyl (C=O) groups is 2. The van der Waals surface area contributed by atoms with Gasteiger partial charge in [0.25, 0.3) is 0 Å². The highest BCUT2D eigenvalue weighted by molar-refractivity contribution is 7.89. The van der Waals surface area contributed by atoms with Crippen molar-refractivity contribution in [2.24, 2.45) is 5.92 Å². The average molecular weight is 355 g/mol. The molecule has 2 rings (SSSR count). The maximum Gasteiger partial charge on any atom is 0.317 e. The molecule has 0 aromatic heterocycles. The smallest absolute Gasteiger partial charge is 0.317 e. The molecule has 8 nitrogen and oxygen atoms in total. The lowest BCUT2D eigenvalue weighted by atomic mass is 10.1. The third-order valence-electron chi connectivity index (χ3n) is 3.84. The van der Waals surface area contributed by atoms with Gasteiger partial charge in [-0.3, -0.25) is 4.79 Å². The number of nitrogens with zero attached hydrogens (tertiary/aromatic N) is 1. The lowest BCUT2D eigenvalue weighted by molar-refractivity contribution is -0.141. The molecule has 1 heterocycles. The number of rotatable bonds is 6. The van der Waals surface area contributed by atoms with Crippen molar-refractivity contribution in [3.05, 3.63) is 29.8 Å². The van der Waals surface area contributed by atoms with Crippen LogP contribution in [0, 0.1) is 5.92 Å². The van der Waals surface area contributed by atoms with E-state index in [4.69, 9.17) is 5.11 Å². The van der Waals surface area contributed by atoms with Gasteiger partial charge in [-0.05, 0) is 24.1 Å². The van der Waals surface area contributed by atoms with E-state index in [0.717, 1.165) is 5.56 Å². The van der Waals surface area contributed by atoms with Gasteiger partial charge >= 0.3 is 12.0 Å². The topological polar surface area (TPSA) is 116 Å². The fourth-order valence-electron chi connectivity index (χ4n) is 2.50. The van der Waals surface area contributed by atoms with Crippen LogP contribution >= 0.6 is 0 Å². The number of carboxylic acid groups (broad SMARTS) is 1. The SMILES string of the molecule is CCNS(=O)(=O)c1ccc(CNC(=O)N2CCC(C(=O)O)C2)cc1. The molecule has 24 heavy (non-hydrogen) atoms. The largest absolute Gasteiger partial charge is 0.481 e. The van der Waals surface area contributed by atoms with Crippen molar-refractivity contribution in [2.75, 3.05) is 19.6 Å². The van der Waals surface area contributed by atoms with E-state index in [1.165, 1.54) is 17.0 Å². The summed E-state index contributed by atoms with van der Waals surface area (Å²) < 4.78 is 26.1. The fraction of sp³-hybridized carbons (Fsp3) is 0.467. The molecule has 1 unspecified atom stereocenters. The highest BCUT2D eigenvalue weighted by Gasteiger charge is 2.30. The summed E-state index contributed by atoms with van der Waals surface area (Å²) in [7, 11) is -3.49. The molecule has 1 atom stereocenters. The number of likely N-dealkylation sites (tertiary alicyclic amines) is 1. The molecule has 0 spiro atoms. The number of amides is 2. The number of hydrogen-bond acceptors (Lipinski definition) is 4. The molecule has 1 fully saturated rings. The van der Waals surface area contributed by atoms with E-state index in [2.05, 4.69) is 10.0 Å². The van der Waals surface area contributed by atoms with E-state index in [1.807, 2.05) is 0 Å². The monoisotopic (exact) mass is 355 g/mol. The quantitative estimate of drug-likeness (QED) is 0.691. The Morgan fingerprint density at radius 2 is 1.96 bits per heavy atom. The second-order valence-electron chi connectivity index (χ2n) is 5.57. The maximum absolute atomic E-state index is 12.0. The normalized spacial score (nSPS) is 17.7. The molecule has 2 amide bonds. The maximum atomic E-state index is 12.0. The van der Waals surface area contributed by atoms with Crippen LogP contribution in [-0.4, -0.2) is 50.1 Å². The Balaban J connectivity index is 1.89. The van der Waals surface area contributed by atoms with Gasteiger partial charge in [0.2, 0.25) is 10.0 Å². The Kier molecular flexibility index (Phi) is 5.79. The molecule has 1 aromatic rings. The number of urea groups is 1. The van der Waals surface area contributed by atoms with E-state index in [1.54, 1.807) is 19.1 Å². The molecular formula is C15H21N3O5S. The van der Waals surface area contributed by atoms with Crippen LogP contribution < -0.4 is 10.0 Å². The van der Waals surface area contributed by atoms with Gasteiger partial charge in [-0.15, -0.1) is 0 Å². The summed E-state index contributed by atoms with van der Waals surface area (Å²) in [5, 5.41) is 11.7. The number of carbonyl (C=O) groups excluding carboxylic acids is 1. The minimum atomic E-state index is -3.49. The van der Waals surface area contributed by atoms with Crippen LogP contribution in [0.1, 0.15) is 18.9 Å². The second kappa shape index (κ2) is 7.63. The lowest BCUT2D eigenvalue weighted by Crippen LogP contribution is -2.38. The minimum absolute atomic E-state index is 0.170. The Morgan fingerprint density at radius 1 is 1.29 bits per heavy atom. The third-order valence-corrected chi connectivity index (χ3v) is 5.40. The summed E-state index contributed by atoms with van der Waals surface area (Å²) in [6.07, 6.45) is 0.458. The molecule has 3 N–H and O–H groups in total. The van der Waals surface area contributed by atoms with E-state index < -0.39 is 21.9 Å². The van der Waals surface area contributed by atoms with E-state index in [0.29, 0.717) is 19.5 Å². The predicted molar refractivity (Wildman–Crippen MR) is 86.9 cm³/mol. The molecule has 9 heteroatoms. The van der Waals surface area contributed by atoms with Crippen molar-refractivity contribution < 1.29 is 23.1 Å². The summed E-state index contributed by atoms with van der Waals surface area (Å²) in [4.78, 5) is 24.6. The first-order valence-electron chi connectivity index (χ1n) is 7.67. The number of aliphatic carboxylic acids is 1. The van der Waals surface area contributed by atoms with Crippen LogP contribution in [0.5, 0.6) is 0 Å². The Bertz CT molecular complexity index is 702. The number of sulfonamides is 1. The zero-order valence-corrected chi connectivity index (χ0v) is 14.2. The van der Waals surface area contributed by atoms with Crippen molar-refractivity contribution >= 4 is 22.0 Å². The fourth-order valence-corrected chi connectivity index (χ4v) is 3.54. The average Bonchev–Trinajstić information content (AvgIpc) is 3.03. The molecule has 0 saturated carbocycles. The van der Waals surface area contributed by atoms with Crippen molar-refractivity contribution in [3.63, 3.8) is 0 Å². The molecule has 0 aliphatic carbocycles. The highest BCUT2D eigenvalue weighted by atomic mass is 32.2. The molecule has 1 aromatic carbocycles. The Morgan fingerprint density at radius 3 is 2.50 bits per heavy atom. The van der Waals surface area contributed by atoms with Crippen LogP contribution in [-0.2, 0) is 21.4 Å². The van der Waals surface area contributed by atoms with Gasteiger partial charge in [-0.2, -0.15) is 0 Å². The molecule has 0 bridgehead atoms. The van der Waals surface area contributed by atoms with Gasteiger partial charge in [-0.1, -0.05) is 19.1 Å². The van der Waals surface area contributed by atoms with Crippen molar-refractivity contribution in [1.29, 1.82) is 0 Å². The highest BCUT2D eigenvalue weighted by Crippen LogP contribution is 2.16. The zero-order chi connectivity index (χ0) is 17.7. The molecule has 1 aliphatic heterocycles. The minimum Gasteiger partial charge on any atom is -0.481 e. The van der Waals surface area contributed by atoms with Gasteiger partial charge in [0.1, 0.15) is 0 Å². The van der Waals surface area contributed by atoms with E-state index >= 15 is 0 Å². The van der Waals surface area contributed by atoms with Gasteiger partial charge in [0, 0.05) is 26.2 Å². The van der Waals surface area contributed by atoms with Crippen LogP contribution in [0.3, 0.4) is 0 Å². The molecule has 1 saturated heterocycles. The summed E-state index contributed by atoms with van der Waals surface area (Å²) in [6, 6.07) is 5.91. The molecular weight excluding hydrogens is 334 g/mol. The van der Waals surface area contributed by atoms with Crippen LogP contribution in [0.2, 0.25) is 0 Å². The van der Waals surface area contributed by atoms with Gasteiger partial charge in [-0.25, -0.2) is 17.9 Å². The molecule has 132 valence electrons. The summed E-state index contributed by atoms with van der Waals surface area (Å²) in [5.74, 6) is -1.39. The van der Waals surface area contributed by atoms with E-state index in [9.17, 15) is 18.0 Å². The number of nitrogens with one attached hydrogen (secondary N) is 2. The van der Waals surface area contributed by atoms with Gasteiger partial charge in [0.15, 0.2) is 0 Å². The van der Waals surface area contributed by atoms with Crippen LogP contribution in [0.25, 0.3) is 0 Å². The standard InChI is InChI=1S/C15H21N3O5S/c1-2-17-24(22,23)13-5-3-11(4-6-13)9-16-15(21)18-8-7-12(10-18)14(19)20/h3-6,12,17H,2,7-10H2,1H3,(H,16,21)(H,19,20). The number of hydrogen-bond donors (Lipinski definition) is 3. The Hall–Kier alpha value is -2.13. The van der Waals surface area contributed by atoms with Crippen molar-refractivity contribution in [1.82, 2.24) is 14.9 Å². The first-order chi connectivity index (χ1) is 11.3. The first kappa shape index (κ1) is 18.2. The summed E-state index contributed by atoms with van der Waals surface area (Å²) in [6.45, 7) is 2.89. The van der Waals surface area contributed by atoms with Gasteiger partial charge in [0.05, 0.1) is 10.8 Å². The molecule has 1 aliphatic rings. The number of carboxylic acids is 1.